The van der Waals surface area contributed by atoms with Crippen molar-refractivity contribution >= 4 is 28.9 Å². The van der Waals surface area contributed by atoms with Crippen molar-refractivity contribution in [3.63, 3.8) is 0 Å². The molecule has 0 aliphatic heterocycles. The molecule has 1 saturated carbocycles. The fourth-order valence-corrected chi connectivity index (χ4v) is 5.38. The molecule has 1 aliphatic rings. The Morgan fingerprint density at radius 3 is 2.03 bits per heavy atom. The lowest BCUT2D eigenvalue weighted by Crippen LogP contribution is -2.16. The van der Waals surface area contributed by atoms with Crippen LogP contribution in [0, 0.1) is 10.9 Å². The number of Topliss-reactive ketones (excluding diaryl/α,β-unsaturated/α-hetero) is 1. The largest absolute Gasteiger partial charge is 0.441 e. The predicted molar refractivity (Wildman–Crippen MR) is 142 cm³/mol. The van der Waals surface area contributed by atoms with Crippen molar-refractivity contribution in [2.75, 3.05) is 5.32 Å². The van der Waals surface area contributed by atoms with E-state index >= 15 is 0 Å². The van der Waals surface area contributed by atoms with Crippen molar-refractivity contribution < 1.29 is 23.1 Å². The van der Waals surface area contributed by atoms with Crippen molar-refractivity contribution in [2.45, 2.75) is 38.2 Å². The van der Waals surface area contributed by atoms with Gasteiger partial charge in [-0.15, -0.1) is 11.3 Å². The lowest BCUT2D eigenvalue weighted by atomic mass is 9.90. The van der Waals surface area contributed by atoms with Gasteiger partial charge in [-0.05, 0) is 66.6 Å². The zero-order valence-electron chi connectivity index (χ0n) is 20.4. The average molecular weight is 518 g/mol. The van der Waals surface area contributed by atoms with Crippen LogP contribution in [0.5, 0.6) is 0 Å². The molecule has 7 heteroatoms. The maximum atomic E-state index is 14.2. The fraction of sp³-hybridized carbons (Fsp3) is 0.200. The minimum absolute atomic E-state index is 0.214. The highest BCUT2D eigenvalue weighted by Crippen LogP contribution is 2.49. The fourth-order valence-electron chi connectivity index (χ4n) is 4.53. The van der Waals surface area contributed by atoms with Crippen LogP contribution < -0.4 is 5.32 Å². The molecule has 0 radical (unpaired) electrons. The summed E-state index contributed by atoms with van der Waals surface area (Å²) in [5.74, 6) is -0.160. The van der Waals surface area contributed by atoms with Crippen molar-refractivity contribution in [2.24, 2.45) is 0 Å². The number of hydrogen-bond acceptors (Lipinski definition) is 4. The minimum atomic E-state index is -0.730. The Morgan fingerprint density at radius 2 is 1.46 bits per heavy atom. The Morgan fingerprint density at radius 1 is 0.892 bits per heavy atom. The van der Waals surface area contributed by atoms with Crippen LogP contribution in [0.3, 0.4) is 0 Å². The van der Waals surface area contributed by atoms with Gasteiger partial charge in [0.25, 0.3) is 0 Å². The second-order valence-electron chi connectivity index (χ2n) is 9.31. The highest BCUT2D eigenvalue weighted by molar-refractivity contribution is 7.14. The van der Waals surface area contributed by atoms with E-state index in [1.54, 1.807) is 26.0 Å². The predicted octanol–water partition coefficient (Wildman–Crippen LogP) is 8.29. The number of carbonyl (C=O) groups is 2. The van der Waals surface area contributed by atoms with E-state index in [0.717, 1.165) is 46.4 Å². The maximum Gasteiger partial charge on any atom is 0.412 e. The number of halogens is 2. The molecule has 188 valence electrons. The number of rotatable bonds is 7. The van der Waals surface area contributed by atoms with Crippen molar-refractivity contribution in [1.82, 2.24) is 0 Å². The summed E-state index contributed by atoms with van der Waals surface area (Å²) in [6, 6.07) is 22.7. The molecular weight excluding hydrogens is 492 g/mol. The zero-order valence-corrected chi connectivity index (χ0v) is 21.2. The molecule has 4 aromatic rings. The molecule has 1 fully saturated rings. The van der Waals surface area contributed by atoms with Gasteiger partial charge >= 0.3 is 6.09 Å². The van der Waals surface area contributed by atoms with E-state index in [1.807, 2.05) is 48.5 Å². The van der Waals surface area contributed by atoms with Crippen molar-refractivity contribution in [3.8, 4) is 21.6 Å². The number of benzene rings is 3. The average Bonchev–Trinajstić information content (AvgIpc) is 3.63. The van der Waals surface area contributed by atoms with E-state index in [4.69, 9.17) is 4.74 Å². The van der Waals surface area contributed by atoms with Gasteiger partial charge in [0.1, 0.15) is 17.7 Å². The Labute approximate surface area is 217 Å². The van der Waals surface area contributed by atoms with Crippen LogP contribution in [0.4, 0.5) is 19.3 Å². The first kappa shape index (κ1) is 24.8. The number of thiophene rings is 1. The molecule has 0 spiro atoms. The van der Waals surface area contributed by atoms with Crippen LogP contribution in [0.15, 0.2) is 78.9 Å². The molecule has 4 nitrogen and oxygen atoms in total. The smallest absolute Gasteiger partial charge is 0.412 e. The molecule has 0 saturated heterocycles. The van der Waals surface area contributed by atoms with E-state index in [1.165, 1.54) is 18.2 Å². The van der Waals surface area contributed by atoms with Crippen LogP contribution in [0.1, 0.15) is 43.9 Å². The Hall–Kier alpha value is -3.84. The lowest BCUT2D eigenvalue weighted by molar-refractivity contribution is -0.119. The van der Waals surface area contributed by atoms with E-state index in [9.17, 15) is 18.4 Å². The lowest BCUT2D eigenvalue weighted by Gasteiger charge is -2.14. The third-order valence-electron chi connectivity index (χ3n) is 6.90. The maximum absolute atomic E-state index is 14.2. The quantitative estimate of drug-likeness (QED) is 0.268. The van der Waals surface area contributed by atoms with Crippen LogP contribution in [0.25, 0.3) is 21.6 Å². The first-order valence-electron chi connectivity index (χ1n) is 12.0. The van der Waals surface area contributed by atoms with E-state index in [-0.39, 0.29) is 17.0 Å². The summed E-state index contributed by atoms with van der Waals surface area (Å²) in [6.45, 7) is 3.33. The van der Waals surface area contributed by atoms with Crippen molar-refractivity contribution in [3.05, 3.63) is 101 Å². The van der Waals surface area contributed by atoms with Gasteiger partial charge in [0.2, 0.25) is 0 Å². The number of amides is 1. The first-order valence-corrected chi connectivity index (χ1v) is 12.8. The Bertz CT molecular complexity index is 1440. The summed E-state index contributed by atoms with van der Waals surface area (Å²) in [6.07, 6.45) is 0.473. The summed E-state index contributed by atoms with van der Waals surface area (Å²) in [4.78, 5) is 25.1. The SMILES string of the molecule is CC(=O)C1(c2ccc(-c3ccc(-c4sc(F)cc4NC(=O)O[C@H](C)c4ccc(F)cc4)cc3)cc2)CC1. The summed E-state index contributed by atoms with van der Waals surface area (Å²) in [5.41, 5.74) is 4.48. The van der Waals surface area contributed by atoms with Crippen molar-refractivity contribution in [1.29, 1.82) is 0 Å². The second kappa shape index (κ2) is 9.90. The normalized spacial score (nSPS) is 14.6. The molecule has 3 aromatic carbocycles. The molecule has 37 heavy (non-hydrogen) atoms. The standard InChI is InChI=1S/C30H25F2NO3S/c1-18(20-9-13-25(31)14-10-20)36-29(35)33-26-17-27(32)37-28(26)23-5-3-21(4-6-23)22-7-11-24(12-8-22)30(15-16-30)19(2)34/h3-14,17-18H,15-16H2,1-2H3,(H,33,35)/t18-/m1/s1. The zero-order chi connectivity index (χ0) is 26.2. The topological polar surface area (TPSA) is 55.4 Å². The third kappa shape index (κ3) is 5.18. The molecule has 0 unspecified atom stereocenters. The van der Waals surface area contributed by atoms with E-state index < -0.39 is 17.3 Å². The molecule has 1 aromatic heterocycles. The number of hydrogen-bond donors (Lipinski definition) is 1. The second-order valence-corrected chi connectivity index (χ2v) is 10.3. The van der Waals surface area contributed by atoms with Crippen LogP contribution >= 0.6 is 11.3 Å². The summed E-state index contributed by atoms with van der Waals surface area (Å²) in [5, 5.41) is 2.20. The van der Waals surface area contributed by atoms with Gasteiger partial charge < -0.3 is 4.74 Å². The van der Waals surface area contributed by atoms with Gasteiger partial charge in [0.05, 0.1) is 16.0 Å². The molecule has 1 atom stereocenters. The molecule has 1 amide bonds. The molecule has 5 rings (SSSR count). The number of anilines is 1. The van der Waals surface area contributed by atoms with Gasteiger partial charge in [0, 0.05) is 6.07 Å². The summed E-state index contributed by atoms with van der Waals surface area (Å²) < 4.78 is 32.7. The van der Waals surface area contributed by atoms with Gasteiger partial charge in [-0.1, -0.05) is 60.7 Å². The van der Waals surface area contributed by atoms with Crippen LogP contribution in [-0.2, 0) is 14.9 Å². The van der Waals surface area contributed by atoms with Crippen LogP contribution in [0.2, 0.25) is 0 Å². The Balaban J connectivity index is 1.29. The molecule has 0 bridgehead atoms. The number of carbonyl (C=O) groups excluding carboxylic acids is 2. The number of nitrogens with one attached hydrogen (secondary N) is 1. The van der Waals surface area contributed by atoms with Gasteiger partial charge in [0.15, 0.2) is 5.13 Å². The highest BCUT2D eigenvalue weighted by atomic mass is 32.1. The molecule has 1 heterocycles. The third-order valence-corrected chi connectivity index (χ3v) is 7.88. The summed E-state index contributed by atoms with van der Waals surface area (Å²) >= 11 is 0.932. The van der Waals surface area contributed by atoms with Crippen LogP contribution in [-0.4, -0.2) is 11.9 Å². The number of ketones is 1. The highest BCUT2D eigenvalue weighted by Gasteiger charge is 2.48. The van der Waals surface area contributed by atoms with E-state index in [0.29, 0.717) is 16.1 Å². The molecule has 1 aliphatic carbocycles. The summed E-state index contributed by atoms with van der Waals surface area (Å²) in [7, 11) is 0. The Kier molecular flexibility index (Phi) is 6.65. The van der Waals surface area contributed by atoms with Gasteiger partial charge in [-0.25, -0.2) is 9.18 Å². The number of ether oxygens (including phenoxy) is 1. The first-order chi connectivity index (χ1) is 17.7. The minimum Gasteiger partial charge on any atom is -0.441 e. The van der Waals surface area contributed by atoms with Gasteiger partial charge in [-0.3, -0.25) is 10.1 Å². The molecular formula is C30H25F2NO3S. The molecule has 1 N–H and O–H groups in total. The van der Waals surface area contributed by atoms with Gasteiger partial charge in [-0.2, -0.15) is 4.39 Å². The monoisotopic (exact) mass is 517 g/mol. The van der Waals surface area contributed by atoms with E-state index in [2.05, 4.69) is 5.32 Å².